The van der Waals surface area contributed by atoms with E-state index in [1.54, 1.807) is 13.0 Å². The van der Waals surface area contributed by atoms with Crippen LogP contribution in [0.3, 0.4) is 0 Å². The van der Waals surface area contributed by atoms with Crippen molar-refractivity contribution >= 4 is 12.0 Å². The maximum absolute atomic E-state index is 10.7. The van der Waals surface area contributed by atoms with Crippen LogP contribution in [0.2, 0.25) is 0 Å². The number of hydrogen-bond acceptors (Lipinski definition) is 2. The molecule has 86 valence electrons. The van der Waals surface area contributed by atoms with Gasteiger partial charge in [0.25, 0.3) is 0 Å². The summed E-state index contributed by atoms with van der Waals surface area (Å²) in [6.45, 7) is 6.08. The maximum atomic E-state index is 10.7. The lowest BCUT2D eigenvalue weighted by Crippen LogP contribution is -1.96. The number of rotatable bonds is 4. The van der Waals surface area contributed by atoms with E-state index in [2.05, 4.69) is 0 Å². The van der Waals surface area contributed by atoms with Gasteiger partial charge < -0.3 is 9.84 Å². The summed E-state index contributed by atoms with van der Waals surface area (Å²) in [4.78, 5) is 10.7. The van der Waals surface area contributed by atoms with Gasteiger partial charge in [0.1, 0.15) is 5.75 Å². The third kappa shape index (κ3) is 3.12. The van der Waals surface area contributed by atoms with Crippen LogP contribution in [-0.4, -0.2) is 17.7 Å². The average Bonchev–Trinajstić information content (AvgIpc) is 2.22. The second-order valence-electron chi connectivity index (χ2n) is 3.59. The number of ether oxygens (including phenoxy) is 1. The Kier molecular flexibility index (Phi) is 4.11. The molecule has 0 spiro atoms. The van der Waals surface area contributed by atoms with Gasteiger partial charge in [-0.3, -0.25) is 0 Å². The van der Waals surface area contributed by atoms with Crippen LogP contribution in [0, 0.1) is 6.92 Å². The van der Waals surface area contributed by atoms with Crippen LogP contribution in [0.4, 0.5) is 0 Å². The molecule has 1 rings (SSSR count). The Balaban J connectivity index is 2.97. The highest BCUT2D eigenvalue weighted by molar-refractivity contribution is 5.91. The predicted octanol–water partition coefficient (Wildman–Crippen LogP) is 2.88. The first-order valence-electron chi connectivity index (χ1n) is 5.19. The molecule has 0 amide bonds. The lowest BCUT2D eigenvalue weighted by atomic mass is 10.1. The highest BCUT2D eigenvalue weighted by atomic mass is 16.5. The van der Waals surface area contributed by atoms with E-state index in [9.17, 15) is 4.79 Å². The molecule has 0 aliphatic carbocycles. The molecular weight excluding hydrogens is 204 g/mol. The highest BCUT2D eigenvalue weighted by Gasteiger charge is 2.02. The van der Waals surface area contributed by atoms with Gasteiger partial charge in [-0.15, -0.1) is 0 Å². The molecule has 0 radical (unpaired) electrons. The molecule has 3 heteroatoms. The molecule has 0 aliphatic rings. The molecule has 0 aliphatic heterocycles. The van der Waals surface area contributed by atoms with E-state index in [-0.39, 0.29) is 0 Å². The molecule has 0 heterocycles. The Labute approximate surface area is 95.4 Å². The van der Waals surface area contributed by atoms with E-state index in [4.69, 9.17) is 9.84 Å². The van der Waals surface area contributed by atoms with Gasteiger partial charge >= 0.3 is 5.97 Å². The minimum Gasteiger partial charge on any atom is -0.494 e. The number of hydrogen-bond donors (Lipinski definition) is 1. The second kappa shape index (κ2) is 5.35. The molecule has 0 saturated heterocycles. The fraction of sp³-hybridized carbons (Fsp3) is 0.308. The minimum absolute atomic E-state index is 0.323. The summed E-state index contributed by atoms with van der Waals surface area (Å²) in [5.41, 5.74) is 2.21. The van der Waals surface area contributed by atoms with Crippen molar-refractivity contribution in [1.29, 1.82) is 0 Å². The summed E-state index contributed by atoms with van der Waals surface area (Å²) in [7, 11) is 0. The number of carboxylic acid groups (broad SMARTS) is 1. The highest BCUT2D eigenvalue weighted by Crippen LogP contribution is 2.20. The molecule has 1 aromatic carbocycles. The standard InChI is InChI=1S/C13H16O3/c1-4-16-12-6-5-11(7-9(12)2)8-10(3)13(14)15/h5-8H,4H2,1-3H3,(H,14,15)/b10-8+. The van der Waals surface area contributed by atoms with Gasteiger partial charge in [0.15, 0.2) is 0 Å². The molecule has 0 bridgehead atoms. The molecule has 3 nitrogen and oxygen atoms in total. The van der Waals surface area contributed by atoms with Crippen molar-refractivity contribution < 1.29 is 14.6 Å². The maximum Gasteiger partial charge on any atom is 0.331 e. The lowest BCUT2D eigenvalue weighted by molar-refractivity contribution is -0.132. The summed E-state index contributed by atoms with van der Waals surface area (Å²) in [6.07, 6.45) is 1.64. The minimum atomic E-state index is -0.897. The molecule has 1 N–H and O–H groups in total. The molecule has 1 aromatic rings. The zero-order chi connectivity index (χ0) is 12.1. The Morgan fingerprint density at radius 1 is 1.50 bits per heavy atom. The van der Waals surface area contributed by atoms with Gasteiger partial charge in [-0.25, -0.2) is 4.79 Å². The molecule has 0 fully saturated rings. The van der Waals surface area contributed by atoms with Crippen molar-refractivity contribution in [2.75, 3.05) is 6.61 Å². The Hall–Kier alpha value is -1.77. The van der Waals surface area contributed by atoms with Crippen LogP contribution in [0.25, 0.3) is 6.08 Å². The van der Waals surface area contributed by atoms with E-state index < -0.39 is 5.97 Å². The monoisotopic (exact) mass is 220 g/mol. The molecule has 16 heavy (non-hydrogen) atoms. The quantitative estimate of drug-likeness (QED) is 0.793. The Morgan fingerprint density at radius 2 is 2.19 bits per heavy atom. The van der Waals surface area contributed by atoms with Crippen molar-refractivity contribution in [1.82, 2.24) is 0 Å². The fourth-order valence-corrected chi connectivity index (χ4v) is 1.39. The summed E-state index contributed by atoms with van der Waals surface area (Å²) in [6, 6.07) is 5.63. The summed E-state index contributed by atoms with van der Waals surface area (Å²) < 4.78 is 5.41. The van der Waals surface area contributed by atoms with Gasteiger partial charge in [-0.2, -0.15) is 0 Å². The van der Waals surface area contributed by atoms with Crippen molar-refractivity contribution in [3.63, 3.8) is 0 Å². The first kappa shape index (κ1) is 12.3. The zero-order valence-corrected chi connectivity index (χ0v) is 9.78. The fourth-order valence-electron chi connectivity index (χ4n) is 1.39. The summed E-state index contributed by atoms with van der Waals surface area (Å²) in [5.74, 6) is -0.0563. The topological polar surface area (TPSA) is 46.5 Å². The van der Waals surface area contributed by atoms with Gasteiger partial charge in [0, 0.05) is 5.57 Å². The molecule has 0 aromatic heterocycles. The first-order chi connectivity index (χ1) is 7.54. The van der Waals surface area contributed by atoms with Crippen molar-refractivity contribution in [2.45, 2.75) is 20.8 Å². The lowest BCUT2D eigenvalue weighted by Gasteiger charge is -2.07. The van der Waals surface area contributed by atoms with Crippen LogP contribution in [0.15, 0.2) is 23.8 Å². The number of aliphatic carboxylic acids is 1. The Bertz CT molecular complexity index is 419. The third-order valence-electron chi connectivity index (χ3n) is 2.22. The van der Waals surface area contributed by atoms with Crippen LogP contribution in [-0.2, 0) is 4.79 Å². The van der Waals surface area contributed by atoms with Crippen LogP contribution in [0.1, 0.15) is 25.0 Å². The van der Waals surface area contributed by atoms with E-state index >= 15 is 0 Å². The first-order valence-corrected chi connectivity index (χ1v) is 5.19. The van der Waals surface area contributed by atoms with Crippen LogP contribution < -0.4 is 4.74 Å². The van der Waals surface area contributed by atoms with E-state index in [0.717, 1.165) is 16.9 Å². The number of benzene rings is 1. The van der Waals surface area contributed by atoms with Gasteiger partial charge in [-0.1, -0.05) is 6.07 Å². The van der Waals surface area contributed by atoms with Gasteiger partial charge in [0.05, 0.1) is 6.61 Å². The predicted molar refractivity (Wildman–Crippen MR) is 63.6 cm³/mol. The average molecular weight is 220 g/mol. The largest absolute Gasteiger partial charge is 0.494 e. The van der Waals surface area contributed by atoms with Gasteiger partial charge in [0.2, 0.25) is 0 Å². The second-order valence-corrected chi connectivity index (χ2v) is 3.59. The smallest absolute Gasteiger partial charge is 0.331 e. The third-order valence-corrected chi connectivity index (χ3v) is 2.22. The molecule has 0 unspecified atom stereocenters. The van der Waals surface area contributed by atoms with Crippen LogP contribution in [0.5, 0.6) is 5.75 Å². The molecule has 0 saturated carbocycles. The SMILES string of the molecule is CCOc1ccc(/C=C(\C)C(=O)O)cc1C. The molecular formula is C13H16O3. The zero-order valence-electron chi connectivity index (χ0n) is 9.78. The van der Waals surface area contributed by atoms with Crippen molar-refractivity contribution in [3.05, 3.63) is 34.9 Å². The van der Waals surface area contributed by atoms with E-state index in [1.165, 1.54) is 0 Å². The van der Waals surface area contributed by atoms with E-state index in [0.29, 0.717) is 12.2 Å². The number of carbonyl (C=O) groups is 1. The van der Waals surface area contributed by atoms with E-state index in [1.807, 2.05) is 32.0 Å². The summed E-state index contributed by atoms with van der Waals surface area (Å²) in [5, 5.41) is 8.76. The summed E-state index contributed by atoms with van der Waals surface area (Å²) >= 11 is 0. The van der Waals surface area contributed by atoms with Crippen LogP contribution >= 0.6 is 0 Å². The van der Waals surface area contributed by atoms with Crippen molar-refractivity contribution in [3.8, 4) is 5.75 Å². The Morgan fingerprint density at radius 3 is 2.69 bits per heavy atom. The van der Waals surface area contributed by atoms with Crippen molar-refractivity contribution in [2.24, 2.45) is 0 Å². The van der Waals surface area contributed by atoms with Gasteiger partial charge in [-0.05, 0) is 50.1 Å². The molecule has 0 atom stereocenters. The number of aryl methyl sites for hydroxylation is 1. The number of carboxylic acids is 1. The normalized spacial score (nSPS) is 11.3.